The van der Waals surface area contributed by atoms with E-state index < -0.39 is 9.84 Å². The average Bonchev–Trinajstić information content (AvgIpc) is 2.31. The highest BCUT2D eigenvalue weighted by atomic mass is 32.2. The molecule has 1 saturated carbocycles. The van der Waals surface area contributed by atoms with Gasteiger partial charge in [0.2, 0.25) is 0 Å². The quantitative estimate of drug-likeness (QED) is 0.925. The van der Waals surface area contributed by atoms with Crippen LogP contribution >= 0.6 is 0 Å². The summed E-state index contributed by atoms with van der Waals surface area (Å²) >= 11 is 0. The van der Waals surface area contributed by atoms with Crippen LogP contribution in [-0.2, 0) is 15.6 Å². The van der Waals surface area contributed by atoms with Gasteiger partial charge in [0.05, 0.1) is 5.75 Å². The van der Waals surface area contributed by atoms with E-state index in [1.54, 1.807) is 0 Å². The zero-order valence-electron chi connectivity index (χ0n) is 12.6. The highest BCUT2D eigenvalue weighted by Gasteiger charge is 2.25. The fraction of sp³-hybridized carbons (Fsp3) is 0.625. The van der Waals surface area contributed by atoms with E-state index in [1.165, 1.54) is 25.5 Å². The first kappa shape index (κ1) is 15.4. The number of rotatable bonds is 4. The molecule has 0 spiro atoms. The molecule has 1 fully saturated rings. The Hall–Kier alpha value is -1.03. The number of sulfone groups is 1. The molecule has 0 heterocycles. The van der Waals surface area contributed by atoms with Gasteiger partial charge in [-0.3, -0.25) is 0 Å². The van der Waals surface area contributed by atoms with Crippen molar-refractivity contribution >= 4 is 15.5 Å². The zero-order valence-corrected chi connectivity index (χ0v) is 13.4. The van der Waals surface area contributed by atoms with E-state index in [9.17, 15) is 8.42 Å². The van der Waals surface area contributed by atoms with Crippen LogP contribution in [0.3, 0.4) is 0 Å². The summed E-state index contributed by atoms with van der Waals surface area (Å²) in [4.78, 5) is 0. The van der Waals surface area contributed by atoms with Crippen molar-refractivity contribution in [3.63, 3.8) is 0 Å². The Kier molecular flexibility index (Phi) is 4.74. The second-order valence-corrected chi connectivity index (χ2v) is 8.56. The van der Waals surface area contributed by atoms with Gasteiger partial charge in [-0.1, -0.05) is 26.0 Å². The van der Waals surface area contributed by atoms with Crippen LogP contribution in [0.2, 0.25) is 0 Å². The van der Waals surface area contributed by atoms with Crippen molar-refractivity contribution in [1.29, 1.82) is 0 Å². The van der Waals surface area contributed by atoms with Gasteiger partial charge in [0, 0.05) is 18.0 Å². The molecule has 20 heavy (non-hydrogen) atoms. The van der Waals surface area contributed by atoms with Crippen LogP contribution in [0.5, 0.6) is 0 Å². The van der Waals surface area contributed by atoms with Gasteiger partial charge in [-0.25, -0.2) is 8.42 Å². The normalized spacial score (nSPS) is 27.2. The highest BCUT2D eigenvalue weighted by Crippen LogP contribution is 2.30. The lowest BCUT2D eigenvalue weighted by atomic mass is 9.80. The lowest BCUT2D eigenvalue weighted by molar-refractivity contribution is 0.276. The van der Waals surface area contributed by atoms with Gasteiger partial charge in [-0.15, -0.1) is 0 Å². The molecule has 1 aromatic carbocycles. The molecule has 0 aromatic heterocycles. The minimum atomic E-state index is -2.97. The predicted molar refractivity (Wildman–Crippen MR) is 84.6 cm³/mol. The van der Waals surface area contributed by atoms with Crippen molar-refractivity contribution in [3.8, 4) is 0 Å². The van der Waals surface area contributed by atoms with Crippen LogP contribution in [0.1, 0.15) is 38.7 Å². The van der Waals surface area contributed by atoms with E-state index in [2.05, 4.69) is 19.2 Å². The first-order valence-electron chi connectivity index (χ1n) is 7.36. The van der Waals surface area contributed by atoms with Gasteiger partial charge in [0.25, 0.3) is 0 Å². The molecule has 112 valence electrons. The molecular formula is C16H25NO2S. The summed E-state index contributed by atoms with van der Waals surface area (Å²) in [5, 5.41) is 3.58. The third-order valence-corrected chi connectivity index (χ3v) is 5.00. The van der Waals surface area contributed by atoms with Gasteiger partial charge in [-0.05, 0) is 48.8 Å². The summed E-state index contributed by atoms with van der Waals surface area (Å²) < 4.78 is 22.7. The lowest BCUT2D eigenvalue weighted by Crippen LogP contribution is -2.33. The molecule has 0 aliphatic heterocycles. The van der Waals surface area contributed by atoms with Crippen LogP contribution in [0.25, 0.3) is 0 Å². The maximum atomic E-state index is 11.4. The van der Waals surface area contributed by atoms with Crippen molar-refractivity contribution in [2.45, 2.75) is 44.9 Å². The van der Waals surface area contributed by atoms with Crippen LogP contribution in [0.4, 0.5) is 5.69 Å². The molecule has 0 radical (unpaired) electrons. The number of hydrogen-bond donors (Lipinski definition) is 1. The van der Waals surface area contributed by atoms with Crippen LogP contribution in [-0.4, -0.2) is 20.7 Å². The maximum absolute atomic E-state index is 11.4. The van der Waals surface area contributed by atoms with Crippen molar-refractivity contribution in [1.82, 2.24) is 0 Å². The largest absolute Gasteiger partial charge is 0.382 e. The van der Waals surface area contributed by atoms with Gasteiger partial charge in [0.15, 0.2) is 9.84 Å². The van der Waals surface area contributed by atoms with Gasteiger partial charge < -0.3 is 5.32 Å². The fourth-order valence-corrected chi connectivity index (χ4v) is 3.93. The second kappa shape index (κ2) is 6.17. The Balaban J connectivity index is 2.04. The monoisotopic (exact) mass is 295 g/mol. The molecule has 1 aromatic rings. The van der Waals surface area contributed by atoms with Gasteiger partial charge in [-0.2, -0.15) is 0 Å². The Labute approximate surface area is 122 Å². The topological polar surface area (TPSA) is 46.2 Å². The molecular weight excluding hydrogens is 270 g/mol. The molecule has 2 rings (SSSR count). The zero-order chi connectivity index (χ0) is 14.8. The number of benzene rings is 1. The first-order valence-corrected chi connectivity index (χ1v) is 9.43. The third-order valence-electron chi connectivity index (χ3n) is 4.14. The summed E-state index contributed by atoms with van der Waals surface area (Å²) in [7, 11) is -2.97. The smallest absolute Gasteiger partial charge is 0.151 e. The lowest BCUT2D eigenvalue weighted by Gasteiger charge is -2.34. The molecule has 1 N–H and O–H groups in total. The Morgan fingerprint density at radius 2 is 2.00 bits per heavy atom. The van der Waals surface area contributed by atoms with E-state index in [1.807, 2.05) is 24.3 Å². The highest BCUT2D eigenvalue weighted by molar-refractivity contribution is 7.89. The van der Waals surface area contributed by atoms with Crippen LogP contribution < -0.4 is 5.32 Å². The summed E-state index contributed by atoms with van der Waals surface area (Å²) in [5.41, 5.74) is 1.90. The Morgan fingerprint density at radius 1 is 1.25 bits per heavy atom. The SMILES string of the molecule is CC1CCC(Nc2cccc(CS(C)(=O)=O)c2)C(C)C1. The van der Waals surface area contributed by atoms with Gasteiger partial charge >= 0.3 is 0 Å². The van der Waals surface area contributed by atoms with Crippen molar-refractivity contribution in [2.24, 2.45) is 11.8 Å². The fourth-order valence-electron chi connectivity index (χ4n) is 3.15. The summed E-state index contributed by atoms with van der Waals surface area (Å²) in [6.07, 6.45) is 5.00. The standard InChI is InChI=1S/C16H25NO2S/c1-12-7-8-16(13(2)9-12)17-15-6-4-5-14(10-15)11-20(3,18)19/h4-6,10,12-13,16-17H,7-9,11H2,1-3H3. The van der Waals surface area contributed by atoms with E-state index in [-0.39, 0.29) is 5.75 Å². The number of anilines is 1. The summed E-state index contributed by atoms with van der Waals surface area (Å²) in [6.45, 7) is 4.62. The van der Waals surface area contributed by atoms with Crippen molar-refractivity contribution in [2.75, 3.05) is 11.6 Å². The van der Waals surface area contributed by atoms with E-state index in [0.29, 0.717) is 12.0 Å². The molecule has 4 heteroatoms. The first-order chi connectivity index (χ1) is 9.33. The molecule has 0 bridgehead atoms. The average molecular weight is 295 g/mol. The number of nitrogens with one attached hydrogen (secondary N) is 1. The third kappa shape index (κ3) is 4.51. The second-order valence-electron chi connectivity index (χ2n) is 6.42. The van der Waals surface area contributed by atoms with Gasteiger partial charge in [0.1, 0.15) is 0 Å². The predicted octanol–water partition coefficient (Wildman–Crippen LogP) is 3.47. The molecule has 3 nitrogen and oxygen atoms in total. The summed E-state index contributed by atoms with van der Waals surface area (Å²) in [5.74, 6) is 1.59. The van der Waals surface area contributed by atoms with E-state index in [4.69, 9.17) is 0 Å². The van der Waals surface area contributed by atoms with E-state index >= 15 is 0 Å². The molecule has 1 aliphatic carbocycles. The Bertz CT molecular complexity index is 553. The van der Waals surface area contributed by atoms with Crippen molar-refractivity contribution < 1.29 is 8.42 Å². The molecule has 0 amide bonds. The molecule has 3 unspecified atom stereocenters. The summed E-state index contributed by atoms with van der Waals surface area (Å²) in [6, 6.07) is 8.29. The van der Waals surface area contributed by atoms with Crippen molar-refractivity contribution in [3.05, 3.63) is 29.8 Å². The number of hydrogen-bond acceptors (Lipinski definition) is 3. The van der Waals surface area contributed by atoms with E-state index in [0.717, 1.165) is 17.2 Å². The van der Waals surface area contributed by atoms with Crippen LogP contribution in [0.15, 0.2) is 24.3 Å². The molecule has 0 saturated heterocycles. The molecule has 1 aliphatic rings. The minimum Gasteiger partial charge on any atom is -0.382 e. The van der Waals surface area contributed by atoms with Crippen LogP contribution in [0, 0.1) is 11.8 Å². The molecule has 3 atom stereocenters. The maximum Gasteiger partial charge on any atom is 0.151 e. The Morgan fingerprint density at radius 3 is 2.65 bits per heavy atom. The minimum absolute atomic E-state index is 0.111.